The molecule has 2 rings (SSSR count). The number of hydrogen-bond donors (Lipinski definition) is 3. The van der Waals surface area contributed by atoms with E-state index in [-0.39, 0.29) is 11.5 Å². The third-order valence-electron chi connectivity index (χ3n) is 2.96. The van der Waals surface area contributed by atoms with Crippen LogP contribution in [0.25, 0.3) is 12.2 Å². The van der Waals surface area contributed by atoms with Crippen molar-refractivity contribution >= 4 is 29.7 Å². The molecule has 0 atom stereocenters. The summed E-state index contributed by atoms with van der Waals surface area (Å²) < 4.78 is 0. The number of rotatable bonds is 4. The fraction of sp³-hybridized carbons (Fsp3) is 0.125. The van der Waals surface area contributed by atoms with E-state index in [1.54, 1.807) is 24.3 Å². The lowest BCUT2D eigenvalue weighted by molar-refractivity contribution is -0.114. The molecule has 0 radical (unpaired) electrons. The van der Waals surface area contributed by atoms with Gasteiger partial charge in [-0.3, -0.25) is 14.4 Å². The Bertz CT molecular complexity index is 807. The molecule has 0 saturated heterocycles. The first-order valence-electron chi connectivity index (χ1n) is 6.86. The number of hydrogen-bond acceptors (Lipinski definition) is 4. The van der Waals surface area contributed by atoms with Crippen LogP contribution in [0.5, 0.6) is 0 Å². The number of H-pyrrole nitrogens is 1. The second kappa shape index (κ2) is 7.17. The maximum atomic E-state index is 11.8. The second-order valence-electron chi connectivity index (χ2n) is 4.73. The molecule has 0 aliphatic rings. The molecule has 2 aromatic rings. The van der Waals surface area contributed by atoms with E-state index >= 15 is 0 Å². The van der Waals surface area contributed by atoms with Crippen LogP contribution in [0, 0.1) is 0 Å². The summed E-state index contributed by atoms with van der Waals surface area (Å²) in [7, 11) is 1.44. The molecule has 0 aliphatic heterocycles. The number of aromatic nitrogens is 2. The zero-order valence-electron chi connectivity index (χ0n) is 12.7. The van der Waals surface area contributed by atoms with Gasteiger partial charge in [0, 0.05) is 25.9 Å². The first kappa shape index (κ1) is 16.2. The first-order chi connectivity index (χ1) is 11.0. The Morgan fingerprint density at radius 3 is 2.43 bits per heavy atom. The third kappa shape index (κ3) is 4.37. The lowest BCUT2D eigenvalue weighted by Gasteiger charge is -2.02. The van der Waals surface area contributed by atoms with E-state index in [1.165, 1.54) is 20.2 Å². The van der Waals surface area contributed by atoms with Crippen molar-refractivity contribution in [1.29, 1.82) is 0 Å². The molecule has 23 heavy (non-hydrogen) atoms. The maximum absolute atomic E-state index is 11.8. The smallest absolute Gasteiger partial charge is 0.263 e. The fourth-order valence-electron chi connectivity index (χ4n) is 1.85. The van der Waals surface area contributed by atoms with E-state index in [0.29, 0.717) is 11.5 Å². The van der Waals surface area contributed by atoms with Crippen LogP contribution in [0.1, 0.15) is 28.7 Å². The molecule has 0 spiro atoms. The van der Waals surface area contributed by atoms with Gasteiger partial charge in [-0.05, 0) is 23.8 Å². The number of anilines is 1. The topological polar surface area (TPSA) is 104 Å². The van der Waals surface area contributed by atoms with Crippen LogP contribution in [-0.4, -0.2) is 28.8 Å². The van der Waals surface area contributed by atoms with Crippen molar-refractivity contribution in [3.8, 4) is 0 Å². The zero-order chi connectivity index (χ0) is 16.8. The summed E-state index contributed by atoms with van der Waals surface area (Å²) in [5, 5.41) is 5.05. The first-order valence-corrected chi connectivity index (χ1v) is 6.86. The minimum atomic E-state index is -0.500. The van der Waals surface area contributed by atoms with Gasteiger partial charge in [0.05, 0.1) is 0 Å². The Morgan fingerprint density at radius 2 is 1.87 bits per heavy atom. The average Bonchev–Trinajstić information content (AvgIpc) is 2.53. The lowest BCUT2D eigenvalue weighted by Crippen LogP contribution is -2.27. The summed E-state index contributed by atoms with van der Waals surface area (Å²) in [6, 6.07) is 7.18. The highest BCUT2D eigenvalue weighted by Gasteiger charge is 2.08. The van der Waals surface area contributed by atoms with Crippen LogP contribution in [0.4, 0.5) is 5.69 Å². The minimum absolute atomic E-state index is 0.0377. The van der Waals surface area contributed by atoms with Crippen molar-refractivity contribution in [1.82, 2.24) is 15.3 Å². The molecule has 0 fully saturated rings. The number of nitrogens with zero attached hydrogens (tertiary/aromatic N) is 1. The van der Waals surface area contributed by atoms with Crippen LogP contribution in [-0.2, 0) is 4.79 Å². The predicted octanol–water partition coefficient (Wildman–Crippen LogP) is 1.26. The van der Waals surface area contributed by atoms with Crippen molar-refractivity contribution in [3.63, 3.8) is 0 Å². The Kier molecular flexibility index (Phi) is 5.03. The quantitative estimate of drug-likeness (QED) is 0.790. The van der Waals surface area contributed by atoms with Crippen LogP contribution in [0.3, 0.4) is 0 Å². The van der Waals surface area contributed by atoms with Gasteiger partial charge in [-0.2, -0.15) is 0 Å². The molecule has 2 amide bonds. The number of carbonyl (C=O) groups excluding carboxylic acids is 2. The van der Waals surface area contributed by atoms with Gasteiger partial charge >= 0.3 is 0 Å². The number of benzene rings is 1. The van der Waals surface area contributed by atoms with E-state index in [9.17, 15) is 14.4 Å². The Balaban J connectivity index is 2.14. The van der Waals surface area contributed by atoms with Gasteiger partial charge in [0.15, 0.2) is 0 Å². The van der Waals surface area contributed by atoms with Gasteiger partial charge in [0.1, 0.15) is 11.4 Å². The van der Waals surface area contributed by atoms with Crippen molar-refractivity contribution in [3.05, 3.63) is 57.8 Å². The molecule has 7 heteroatoms. The summed E-state index contributed by atoms with van der Waals surface area (Å²) in [6.45, 7) is 1.44. The number of carbonyl (C=O) groups is 2. The third-order valence-corrected chi connectivity index (χ3v) is 2.96. The minimum Gasteiger partial charge on any atom is -0.355 e. The average molecular weight is 312 g/mol. The highest BCUT2D eigenvalue weighted by atomic mass is 16.2. The monoisotopic (exact) mass is 312 g/mol. The normalized spacial score (nSPS) is 10.5. The highest BCUT2D eigenvalue weighted by molar-refractivity contribution is 5.93. The molecule has 1 aromatic carbocycles. The van der Waals surface area contributed by atoms with Gasteiger partial charge in [-0.1, -0.05) is 18.2 Å². The van der Waals surface area contributed by atoms with Crippen molar-refractivity contribution < 1.29 is 9.59 Å². The molecule has 1 heterocycles. The number of nitrogens with one attached hydrogen (secondary N) is 3. The molecule has 7 nitrogen and oxygen atoms in total. The molecule has 0 aliphatic carbocycles. The lowest BCUT2D eigenvalue weighted by atomic mass is 10.2. The van der Waals surface area contributed by atoms with E-state index in [4.69, 9.17) is 0 Å². The second-order valence-corrected chi connectivity index (χ2v) is 4.73. The molecular formula is C16H16N4O3. The molecule has 0 bridgehead atoms. The Morgan fingerprint density at radius 1 is 1.17 bits per heavy atom. The Hall–Kier alpha value is -3.22. The van der Waals surface area contributed by atoms with Crippen LogP contribution in [0.15, 0.2) is 35.3 Å². The zero-order valence-corrected chi connectivity index (χ0v) is 12.7. The number of amides is 2. The summed E-state index contributed by atoms with van der Waals surface area (Å²) >= 11 is 0. The van der Waals surface area contributed by atoms with E-state index in [1.807, 2.05) is 12.1 Å². The summed E-state index contributed by atoms with van der Waals surface area (Å²) in [5.74, 6) is -0.275. The van der Waals surface area contributed by atoms with Crippen LogP contribution >= 0.6 is 0 Å². The van der Waals surface area contributed by atoms with E-state index < -0.39 is 11.5 Å². The van der Waals surface area contributed by atoms with Crippen LogP contribution < -0.4 is 16.2 Å². The van der Waals surface area contributed by atoms with Gasteiger partial charge in [0.25, 0.3) is 11.5 Å². The SMILES string of the molecule is CNC(=O)c1cnc(/C=C/c2ccc(NC(C)=O)cc2)[nH]c1=O. The van der Waals surface area contributed by atoms with Crippen molar-refractivity contribution in [2.75, 3.05) is 12.4 Å². The van der Waals surface area contributed by atoms with E-state index in [0.717, 1.165) is 5.56 Å². The summed E-state index contributed by atoms with van der Waals surface area (Å²) in [6.07, 6.45) is 4.62. The predicted molar refractivity (Wildman–Crippen MR) is 87.9 cm³/mol. The Labute approximate surface area is 132 Å². The van der Waals surface area contributed by atoms with Crippen LogP contribution in [0.2, 0.25) is 0 Å². The molecule has 1 aromatic heterocycles. The van der Waals surface area contributed by atoms with Gasteiger partial charge in [0.2, 0.25) is 5.91 Å². The van der Waals surface area contributed by atoms with Crippen molar-refractivity contribution in [2.24, 2.45) is 0 Å². The molecule has 0 saturated carbocycles. The standard InChI is InChI=1S/C16H16N4O3/c1-10(21)19-12-6-3-11(4-7-12)5-8-14-18-9-13(15(22)17-2)16(23)20-14/h3-9H,1-2H3,(H,17,22)(H,19,21)(H,18,20,23)/b8-5+. The molecular weight excluding hydrogens is 296 g/mol. The fourth-order valence-corrected chi connectivity index (χ4v) is 1.85. The largest absolute Gasteiger partial charge is 0.355 e. The molecule has 0 unspecified atom stereocenters. The number of aromatic amines is 1. The van der Waals surface area contributed by atoms with Gasteiger partial charge < -0.3 is 15.6 Å². The van der Waals surface area contributed by atoms with Crippen molar-refractivity contribution in [2.45, 2.75) is 6.92 Å². The van der Waals surface area contributed by atoms with Gasteiger partial charge in [-0.15, -0.1) is 0 Å². The molecule has 3 N–H and O–H groups in total. The van der Waals surface area contributed by atoms with Gasteiger partial charge in [-0.25, -0.2) is 4.98 Å². The molecule has 118 valence electrons. The summed E-state index contributed by atoms with van der Waals surface area (Å²) in [5.41, 5.74) is 1.04. The highest BCUT2D eigenvalue weighted by Crippen LogP contribution is 2.11. The summed E-state index contributed by atoms with van der Waals surface area (Å²) in [4.78, 5) is 40.7. The van der Waals surface area contributed by atoms with E-state index in [2.05, 4.69) is 20.6 Å². The maximum Gasteiger partial charge on any atom is 0.263 e.